The molecular weight excluding hydrogens is 323 g/mol. The molecule has 1 aromatic rings. The molecule has 1 aromatic carbocycles. The van der Waals surface area contributed by atoms with Gasteiger partial charge in [0, 0.05) is 31.2 Å². The second kappa shape index (κ2) is 6.70. The van der Waals surface area contributed by atoms with Gasteiger partial charge in [-0.05, 0) is 26.0 Å². The molecular formula is C13H17ClF3N3O2. The highest BCUT2D eigenvalue weighted by molar-refractivity contribution is 5.85. The lowest BCUT2D eigenvalue weighted by Crippen LogP contribution is -2.54. The maximum Gasteiger partial charge on any atom is 0.416 e. The van der Waals surface area contributed by atoms with Crippen molar-refractivity contribution in [2.24, 2.45) is 0 Å². The average Bonchev–Trinajstić information content (AvgIpc) is 2.35. The van der Waals surface area contributed by atoms with Crippen LogP contribution in [-0.4, -0.2) is 30.1 Å². The number of alkyl halides is 3. The second-order valence-electron chi connectivity index (χ2n) is 5.33. The standard InChI is InChI=1S/C13H16F3N3O2.ClH/c1-8-6-18(7-9(2)17-8)11-4-3-10(13(14,15)16)5-12(11)19(20)21;/h3-5,8-9,17H,6-7H2,1-2H3;1H. The third-order valence-electron chi connectivity index (χ3n) is 3.40. The van der Waals surface area contributed by atoms with Gasteiger partial charge < -0.3 is 10.2 Å². The summed E-state index contributed by atoms with van der Waals surface area (Å²) in [7, 11) is 0. The van der Waals surface area contributed by atoms with Crippen LogP contribution in [0.25, 0.3) is 0 Å². The van der Waals surface area contributed by atoms with Crippen LogP contribution in [0.2, 0.25) is 0 Å². The quantitative estimate of drug-likeness (QED) is 0.664. The monoisotopic (exact) mass is 339 g/mol. The highest BCUT2D eigenvalue weighted by Crippen LogP contribution is 2.36. The number of nitrogens with one attached hydrogen (secondary N) is 1. The van der Waals surface area contributed by atoms with Gasteiger partial charge >= 0.3 is 6.18 Å². The van der Waals surface area contributed by atoms with E-state index in [9.17, 15) is 23.3 Å². The molecule has 5 nitrogen and oxygen atoms in total. The first-order chi connectivity index (χ1) is 9.68. The largest absolute Gasteiger partial charge is 0.416 e. The Kier molecular flexibility index (Phi) is 5.64. The van der Waals surface area contributed by atoms with Gasteiger partial charge in [0.1, 0.15) is 5.69 Å². The summed E-state index contributed by atoms with van der Waals surface area (Å²) in [5, 5.41) is 14.4. The maximum absolute atomic E-state index is 12.7. The van der Waals surface area contributed by atoms with E-state index < -0.39 is 22.4 Å². The molecule has 1 saturated heterocycles. The molecule has 124 valence electrons. The van der Waals surface area contributed by atoms with E-state index in [0.717, 1.165) is 6.07 Å². The molecule has 0 radical (unpaired) electrons. The highest BCUT2D eigenvalue weighted by Gasteiger charge is 2.34. The predicted octanol–water partition coefficient (Wildman–Crippen LogP) is 3.22. The Labute approximate surface area is 132 Å². The van der Waals surface area contributed by atoms with Crippen LogP contribution in [0.15, 0.2) is 18.2 Å². The van der Waals surface area contributed by atoms with Crippen LogP contribution in [0.4, 0.5) is 24.5 Å². The summed E-state index contributed by atoms with van der Waals surface area (Å²) in [6.45, 7) is 4.88. The van der Waals surface area contributed by atoms with Crippen LogP contribution < -0.4 is 10.2 Å². The van der Waals surface area contributed by atoms with E-state index in [2.05, 4.69) is 5.32 Å². The van der Waals surface area contributed by atoms with E-state index in [1.165, 1.54) is 6.07 Å². The van der Waals surface area contributed by atoms with Gasteiger partial charge in [0.15, 0.2) is 0 Å². The van der Waals surface area contributed by atoms with E-state index in [1.54, 1.807) is 4.90 Å². The van der Waals surface area contributed by atoms with Crippen LogP contribution in [0.5, 0.6) is 0 Å². The lowest BCUT2D eigenvalue weighted by molar-refractivity contribution is -0.384. The fourth-order valence-corrected chi connectivity index (χ4v) is 2.64. The SMILES string of the molecule is CC1CN(c2ccc(C(F)(F)F)cc2[N+](=O)[O-])CC(C)N1.Cl. The first kappa shape index (κ1) is 18.5. The molecule has 9 heteroatoms. The number of nitro benzene ring substituents is 1. The molecule has 1 aliphatic rings. The smallest absolute Gasteiger partial charge is 0.363 e. The number of rotatable bonds is 2. The van der Waals surface area contributed by atoms with Crippen LogP contribution in [0, 0.1) is 10.1 Å². The first-order valence-electron chi connectivity index (χ1n) is 6.55. The number of nitrogens with zero attached hydrogens (tertiary/aromatic N) is 2. The fourth-order valence-electron chi connectivity index (χ4n) is 2.64. The molecule has 0 spiro atoms. The van der Waals surface area contributed by atoms with Crippen LogP contribution >= 0.6 is 12.4 Å². The van der Waals surface area contributed by atoms with Gasteiger partial charge in [0.05, 0.1) is 10.5 Å². The van der Waals surface area contributed by atoms with E-state index in [-0.39, 0.29) is 30.2 Å². The Morgan fingerprint density at radius 2 is 1.82 bits per heavy atom. The minimum absolute atomic E-state index is 0. The lowest BCUT2D eigenvalue weighted by Gasteiger charge is -2.37. The van der Waals surface area contributed by atoms with E-state index in [0.29, 0.717) is 19.2 Å². The normalized spacial score (nSPS) is 22.1. The van der Waals surface area contributed by atoms with Crippen molar-refractivity contribution in [3.05, 3.63) is 33.9 Å². The molecule has 1 aliphatic heterocycles. The van der Waals surface area contributed by atoms with Gasteiger partial charge in [-0.25, -0.2) is 0 Å². The molecule has 0 saturated carbocycles. The molecule has 0 bridgehead atoms. The number of piperazine rings is 1. The zero-order chi connectivity index (χ0) is 15.8. The predicted molar refractivity (Wildman–Crippen MR) is 79.6 cm³/mol. The number of halogens is 4. The molecule has 1 fully saturated rings. The minimum Gasteiger partial charge on any atom is -0.363 e. The third-order valence-corrected chi connectivity index (χ3v) is 3.40. The van der Waals surface area contributed by atoms with Crippen molar-refractivity contribution >= 4 is 23.8 Å². The molecule has 1 N–H and O–H groups in total. The maximum atomic E-state index is 12.7. The highest BCUT2D eigenvalue weighted by atomic mass is 35.5. The zero-order valence-electron chi connectivity index (χ0n) is 12.1. The van der Waals surface area contributed by atoms with Gasteiger partial charge in [-0.3, -0.25) is 10.1 Å². The molecule has 0 aliphatic carbocycles. The van der Waals surface area contributed by atoms with Crippen molar-refractivity contribution in [2.45, 2.75) is 32.1 Å². The molecule has 1 heterocycles. The first-order valence-corrected chi connectivity index (χ1v) is 6.55. The minimum atomic E-state index is -4.59. The number of hydrogen-bond acceptors (Lipinski definition) is 4. The third kappa shape index (κ3) is 4.01. The van der Waals surface area contributed by atoms with Crippen LogP contribution in [0.1, 0.15) is 19.4 Å². The van der Waals surface area contributed by atoms with Crippen molar-refractivity contribution in [1.82, 2.24) is 5.32 Å². The van der Waals surface area contributed by atoms with Crippen LogP contribution in [0.3, 0.4) is 0 Å². The Morgan fingerprint density at radius 1 is 1.27 bits per heavy atom. The summed E-state index contributed by atoms with van der Waals surface area (Å²) in [6, 6.07) is 2.89. The van der Waals surface area contributed by atoms with Crippen molar-refractivity contribution < 1.29 is 18.1 Å². The van der Waals surface area contributed by atoms with Crippen molar-refractivity contribution in [3.63, 3.8) is 0 Å². The van der Waals surface area contributed by atoms with Gasteiger partial charge in [0.25, 0.3) is 5.69 Å². The summed E-state index contributed by atoms with van der Waals surface area (Å²) >= 11 is 0. The Balaban J connectivity index is 0.00000242. The fraction of sp³-hybridized carbons (Fsp3) is 0.538. The van der Waals surface area contributed by atoms with E-state index in [4.69, 9.17) is 0 Å². The molecule has 22 heavy (non-hydrogen) atoms. The molecule has 0 amide bonds. The number of anilines is 1. The zero-order valence-corrected chi connectivity index (χ0v) is 12.9. The molecule has 0 aromatic heterocycles. The lowest BCUT2D eigenvalue weighted by atomic mass is 10.1. The Hall–Kier alpha value is -1.54. The van der Waals surface area contributed by atoms with E-state index >= 15 is 0 Å². The van der Waals surface area contributed by atoms with Crippen molar-refractivity contribution in [2.75, 3.05) is 18.0 Å². The summed E-state index contributed by atoms with van der Waals surface area (Å²) in [5.74, 6) is 0. The molecule has 2 rings (SSSR count). The van der Waals surface area contributed by atoms with Crippen LogP contribution in [-0.2, 0) is 6.18 Å². The topological polar surface area (TPSA) is 58.4 Å². The second-order valence-corrected chi connectivity index (χ2v) is 5.33. The Bertz CT molecular complexity index is 544. The van der Waals surface area contributed by atoms with Gasteiger partial charge in [-0.1, -0.05) is 0 Å². The van der Waals surface area contributed by atoms with Crippen molar-refractivity contribution in [3.8, 4) is 0 Å². The summed E-state index contributed by atoms with van der Waals surface area (Å²) in [6.07, 6.45) is -4.59. The summed E-state index contributed by atoms with van der Waals surface area (Å²) in [5.41, 5.74) is -1.28. The molecule has 2 atom stereocenters. The van der Waals surface area contributed by atoms with E-state index in [1.807, 2.05) is 13.8 Å². The van der Waals surface area contributed by atoms with Gasteiger partial charge in [0.2, 0.25) is 0 Å². The average molecular weight is 340 g/mol. The van der Waals surface area contributed by atoms with Gasteiger partial charge in [-0.15, -0.1) is 12.4 Å². The number of benzene rings is 1. The summed E-state index contributed by atoms with van der Waals surface area (Å²) < 4.78 is 38.0. The summed E-state index contributed by atoms with van der Waals surface area (Å²) in [4.78, 5) is 12.1. The van der Waals surface area contributed by atoms with Gasteiger partial charge in [-0.2, -0.15) is 13.2 Å². The number of hydrogen-bond donors (Lipinski definition) is 1. The molecule has 2 unspecified atom stereocenters. The van der Waals surface area contributed by atoms with Crippen molar-refractivity contribution in [1.29, 1.82) is 0 Å². The Morgan fingerprint density at radius 3 is 2.27 bits per heavy atom. The number of nitro groups is 1.